The molecule has 1 spiro atoms. The molecule has 3 rings (SSSR count). The number of hydrogen-bond acceptors (Lipinski definition) is 3. The van der Waals surface area contributed by atoms with Crippen molar-refractivity contribution < 1.29 is 9.53 Å². The van der Waals surface area contributed by atoms with Crippen LogP contribution in [-0.2, 0) is 4.74 Å². The number of carbonyl (C=O) groups is 1. The molecule has 0 N–H and O–H groups in total. The van der Waals surface area contributed by atoms with Crippen LogP contribution < -0.4 is 0 Å². The predicted molar refractivity (Wildman–Crippen MR) is 82.5 cm³/mol. The number of ether oxygens (including phenoxy) is 1. The quantitative estimate of drug-likeness (QED) is 0.768. The summed E-state index contributed by atoms with van der Waals surface area (Å²) in [5, 5.41) is 0.628. The summed E-state index contributed by atoms with van der Waals surface area (Å²) in [5.41, 5.74) is 0.936. The van der Waals surface area contributed by atoms with Crippen LogP contribution in [-0.4, -0.2) is 23.7 Å². The van der Waals surface area contributed by atoms with Gasteiger partial charge in [-0.25, -0.2) is 0 Å². The monoisotopic (exact) mass is 290 g/mol. The highest BCUT2D eigenvalue weighted by Gasteiger charge is 2.38. The smallest absolute Gasteiger partial charge is 0.150 e. The van der Waals surface area contributed by atoms with E-state index in [4.69, 9.17) is 4.74 Å². The van der Waals surface area contributed by atoms with E-state index in [1.54, 1.807) is 0 Å². The molecule has 1 saturated carbocycles. The molecule has 1 heterocycles. The number of carbonyl (C=O) groups excluding carboxylic acids is 1. The Morgan fingerprint density at radius 1 is 1.25 bits per heavy atom. The zero-order valence-electron chi connectivity index (χ0n) is 11.8. The van der Waals surface area contributed by atoms with Gasteiger partial charge in [0.1, 0.15) is 6.29 Å². The van der Waals surface area contributed by atoms with Crippen LogP contribution in [0.15, 0.2) is 29.2 Å². The number of thioether (sulfide) groups is 1. The van der Waals surface area contributed by atoms with E-state index in [1.807, 2.05) is 30.0 Å². The van der Waals surface area contributed by atoms with Gasteiger partial charge in [0.05, 0.1) is 5.60 Å². The van der Waals surface area contributed by atoms with Gasteiger partial charge in [-0.3, -0.25) is 4.79 Å². The van der Waals surface area contributed by atoms with Gasteiger partial charge < -0.3 is 4.74 Å². The first-order chi connectivity index (χ1) is 9.80. The van der Waals surface area contributed by atoms with Crippen LogP contribution in [0.1, 0.15) is 55.3 Å². The van der Waals surface area contributed by atoms with Crippen molar-refractivity contribution in [2.45, 2.75) is 60.7 Å². The molecule has 2 fully saturated rings. The fraction of sp³-hybridized carbons (Fsp3) is 0.588. The Morgan fingerprint density at radius 3 is 2.90 bits per heavy atom. The van der Waals surface area contributed by atoms with Gasteiger partial charge in [0.15, 0.2) is 0 Å². The molecule has 0 amide bonds. The van der Waals surface area contributed by atoms with Crippen molar-refractivity contribution in [3.05, 3.63) is 29.8 Å². The molecule has 1 saturated heterocycles. The van der Waals surface area contributed by atoms with Crippen molar-refractivity contribution in [3.63, 3.8) is 0 Å². The maximum Gasteiger partial charge on any atom is 0.150 e. The second kappa shape index (κ2) is 6.31. The zero-order valence-corrected chi connectivity index (χ0v) is 12.7. The Hall–Kier alpha value is -0.800. The molecule has 3 heteroatoms. The zero-order chi connectivity index (χ0) is 13.8. The van der Waals surface area contributed by atoms with Crippen LogP contribution in [0.2, 0.25) is 0 Å². The van der Waals surface area contributed by atoms with E-state index < -0.39 is 0 Å². The van der Waals surface area contributed by atoms with E-state index in [2.05, 4.69) is 6.07 Å². The number of benzene rings is 1. The first kappa shape index (κ1) is 14.2. The highest BCUT2D eigenvalue weighted by molar-refractivity contribution is 8.00. The van der Waals surface area contributed by atoms with Gasteiger partial charge in [-0.2, -0.15) is 0 Å². The SMILES string of the molecule is O=Cc1cccc(SC2CCOC3(CCCCC3)C2)c1. The lowest BCUT2D eigenvalue weighted by Crippen LogP contribution is -2.42. The summed E-state index contributed by atoms with van der Waals surface area (Å²) in [7, 11) is 0. The normalized spacial score (nSPS) is 25.5. The predicted octanol–water partition coefficient (Wildman–Crippen LogP) is 4.47. The molecule has 108 valence electrons. The molecule has 1 aliphatic heterocycles. The van der Waals surface area contributed by atoms with Gasteiger partial charge in [-0.15, -0.1) is 11.8 Å². The summed E-state index contributed by atoms with van der Waals surface area (Å²) >= 11 is 1.92. The van der Waals surface area contributed by atoms with Crippen LogP contribution in [0.25, 0.3) is 0 Å². The largest absolute Gasteiger partial charge is 0.375 e. The molecule has 1 atom stereocenters. The van der Waals surface area contributed by atoms with Gasteiger partial charge in [0.2, 0.25) is 0 Å². The third-order valence-corrected chi connectivity index (χ3v) is 5.77. The number of aldehydes is 1. The fourth-order valence-electron chi connectivity index (χ4n) is 3.48. The van der Waals surface area contributed by atoms with Crippen molar-refractivity contribution >= 4 is 18.0 Å². The van der Waals surface area contributed by atoms with E-state index in [0.717, 1.165) is 24.9 Å². The Morgan fingerprint density at radius 2 is 2.10 bits per heavy atom. The van der Waals surface area contributed by atoms with Crippen LogP contribution in [0.5, 0.6) is 0 Å². The maximum absolute atomic E-state index is 10.9. The summed E-state index contributed by atoms with van der Waals surface area (Å²) < 4.78 is 6.15. The average Bonchev–Trinajstić information content (AvgIpc) is 2.48. The summed E-state index contributed by atoms with van der Waals surface area (Å²) in [5.74, 6) is 0. The van der Waals surface area contributed by atoms with Crippen molar-refractivity contribution in [2.75, 3.05) is 6.61 Å². The molecule has 0 bridgehead atoms. The van der Waals surface area contributed by atoms with Crippen molar-refractivity contribution in [3.8, 4) is 0 Å². The number of hydrogen-bond donors (Lipinski definition) is 0. The third-order valence-electron chi connectivity index (χ3n) is 4.51. The summed E-state index contributed by atoms with van der Waals surface area (Å²) in [6.45, 7) is 0.894. The molecule has 0 radical (unpaired) electrons. The minimum absolute atomic E-state index is 0.163. The molecule has 20 heavy (non-hydrogen) atoms. The minimum Gasteiger partial charge on any atom is -0.375 e. The standard InChI is InChI=1S/C17H22O2S/c18-13-14-5-4-6-15(11-14)20-16-7-10-19-17(12-16)8-2-1-3-9-17/h4-6,11,13,16H,1-3,7-10,12H2. The van der Waals surface area contributed by atoms with Crippen molar-refractivity contribution in [1.29, 1.82) is 0 Å². The second-order valence-corrected chi connectivity index (χ2v) is 7.39. The second-order valence-electron chi connectivity index (χ2n) is 6.02. The van der Waals surface area contributed by atoms with Crippen LogP contribution in [0.4, 0.5) is 0 Å². The Labute approximate surface area is 125 Å². The lowest BCUT2D eigenvalue weighted by Gasteiger charge is -2.43. The van der Waals surface area contributed by atoms with Gasteiger partial charge in [-0.1, -0.05) is 31.4 Å². The molecule has 1 unspecified atom stereocenters. The van der Waals surface area contributed by atoms with Gasteiger partial charge in [0.25, 0.3) is 0 Å². The molecule has 1 aromatic rings. The average molecular weight is 290 g/mol. The molecule has 2 aliphatic rings. The first-order valence-electron chi connectivity index (χ1n) is 7.66. The molecule has 0 aromatic heterocycles. The van der Waals surface area contributed by atoms with Gasteiger partial charge in [0, 0.05) is 22.3 Å². The Balaban J connectivity index is 1.66. The minimum atomic E-state index is 0.163. The Bertz CT molecular complexity index is 460. The fourth-order valence-corrected chi connectivity index (χ4v) is 4.83. The summed E-state index contributed by atoms with van der Waals surface area (Å²) in [6.07, 6.45) is 9.69. The van der Waals surface area contributed by atoms with E-state index >= 15 is 0 Å². The van der Waals surface area contributed by atoms with Gasteiger partial charge in [-0.05, 0) is 37.8 Å². The maximum atomic E-state index is 10.9. The van der Waals surface area contributed by atoms with Crippen molar-refractivity contribution in [1.82, 2.24) is 0 Å². The van der Waals surface area contributed by atoms with Crippen LogP contribution >= 0.6 is 11.8 Å². The lowest BCUT2D eigenvalue weighted by molar-refractivity contribution is -0.0970. The molecule has 2 nitrogen and oxygen atoms in total. The summed E-state index contributed by atoms with van der Waals surface area (Å²) in [6, 6.07) is 7.95. The summed E-state index contributed by atoms with van der Waals surface area (Å²) in [4.78, 5) is 12.1. The van der Waals surface area contributed by atoms with E-state index in [9.17, 15) is 4.79 Å². The highest BCUT2D eigenvalue weighted by atomic mass is 32.2. The van der Waals surface area contributed by atoms with E-state index in [0.29, 0.717) is 5.25 Å². The van der Waals surface area contributed by atoms with Crippen molar-refractivity contribution in [2.24, 2.45) is 0 Å². The van der Waals surface area contributed by atoms with Gasteiger partial charge >= 0.3 is 0 Å². The molecular formula is C17H22O2S. The lowest BCUT2D eigenvalue weighted by atomic mass is 9.80. The van der Waals surface area contributed by atoms with E-state index in [-0.39, 0.29) is 5.60 Å². The first-order valence-corrected chi connectivity index (χ1v) is 8.54. The molecule has 1 aromatic carbocycles. The van der Waals surface area contributed by atoms with E-state index in [1.165, 1.54) is 43.4 Å². The molecule has 1 aliphatic carbocycles. The third kappa shape index (κ3) is 3.26. The highest BCUT2D eigenvalue weighted by Crippen LogP contribution is 2.43. The van der Waals surface area contributed by atoms with Crippen LogP contribution in [0, 0.1) is 0 Å². The van der Waals surface area contributed by atoms with Crippen LogP contribution in [0.3, 0.4) is 0 Å². The topological polar surface area (TPSA) is 26.3 Å². The number of rotatable bonds is 3. The molecular weight excluding hydrogens is 268 g/mol. The Kier molecular flexibility index (Phi) is 4.47.